The maximum atomic E-state index is 9.61. The fourth-order valence-electron chi connectivity index (χ4n) is 6.20. The van der Waals surface area contributed by atoms with Crippen LogP contribution < -0.4 is 0 Å². The summed E-state index contributed by atoms with van der Waals surface area (Å²) < 4.78 is 0. The van der Waals surface area contributed by atoms with E-state index in [1.165, 1.54) is 44.9 Å². The number of aliphatic hydroxyl groups is 1. The summed E-state index contributed by atoms with van der Waals surface area (Å²) in [6.45, 7) is 3.03. The summed E-state index contributed by atoms with van der Waals surface area (Å²) in [7, 11) is 0. The summed E-state index contributed by atoms with van der Waals surface area (Å²) in [6, 6.07) is 0. The van der Waals surface area contributed by atoms with Gasteiger partial charge in [-0.15, -0.1) is 0 Å². The summed E-state index contributed by atoms with van der Waals surface area (Å²) in [6.07, 6.45) is 10.2. The molecule has 0 radical (unpaired) electrons. The van der Waals surface area contributed by atoms with Crippen LogP contribution in [0.25, 0.3) is 0 Å². The Balaban J connectivity index is 1.73. The van der Waals surface area contributed by atoms with Gasteiger partial charge in [0.25, 0.3) is 0 Å². The number of rotatable bonds is 1. The van der Waals surface area contributed by atoms with Gasteiger partial charge in [-0.3, -0.25) is 0 Å². The van der Waals surface area contributed by atoms with Crippen LogP contribution >= 0.6 is 0 Å². The van der Waals surface area contributed by atoms with Gasteiger partial charge in [-0.2, -0.15) is 0 Å². The quantitative estimate of drug-likeness (QED) is 0.719. The van der Waals surface area contributed by atoms with Crippen LogP contribution in [0.2, 0.25) is 0 Å². The molecule has 0 heterocycles. The second-order valence-electron chi connectivity index (χ2n) is 7.56. The summed E-state index contributed by atoms with van der Waals surface area (Å²) >= 11 is 0. The lowest BCUT2D eigenvalue weighted by Crippen LogP contribution is -2.30. The van der Waals surface area contributed by atoms with Crippen LogP contribution in [0, 0.1) is 34.5 Å². The zero-order valence-corrected chi connectivity index (χ0v) is 10.4. The Hall–Kier alpha value is -0.0400. The van der Waals surface area contributed by atoms with Crippen molar-refractivity contribution >= 4 is 0 Å². The summed E-state index contributed by atoms with van der Waals surface area (Å²) in [5.74, 6) is 3.53. The first-order valence-electron chi connectivity index (χ1n) is 7.29. The minimum Gasteiger partial charge on any atom is -0.396 e. The van der Waals surface area contributed by atoms with Crippen molar-refractivity contribution in [3.05, 3.63) is 0 Å². The lowest BCUT2D eigenvalue weighted by atomic mass is 9.71. The molecule has 1 spiro atoms. The van der Waals surface area contributed by atoms with E-state index >= 15 is 0 Å². The summed E-state index contributed by atoms with van der Waals surface area (Å²) in [5.41, 5.74) is 1.44. The van der Waals surface area contributed by atoms with Gasteiger partial charge in [-0.1, -0.05) is 6.92 Å². The standard InChI is InChI=1S/C15H24O/c1-14-4-5-15(6-7-15)13(14)12-10(8-14)2-3-11(12)9-16/h10-13,16H,2-9H2,1H3/t10-,11?,12+,13+,14-/m0/s1. The highest BCUT2D eigenvalue weighted by Gasteiger charge is 2.68. The molecule has 0 aromatic heterocycles. The highest BCUT2D eigenvalue weighted by Crippen LogP contribution is 2.76. The van der Waals surface area contributed by atoms with E-state index in [1.807, 2.05) is 0 Å². The molecule has 0 amide bonds. The second kappa shape index (κ2) is 2.85. The van der Waals surface area contributed by atoms with Crippen LogP contribution in [-0.4, -0.2) is 11.7 Å². The largest absolute Gasteiger partial charge is 0.396 e. The van der Waals surface area contributed by atoms with E-state index in [-0.39, 0.29) is 0 Å². The Kier molecular flexibility index (Phi) is 1.77. The Morgan fingerprint density at radius 2 is 1.88 bits per heavy atom. The predicted molar refractivity (Wildman–Crippen MR) is 63.9 cm³/mol. The lowest BCUT2D eigenvalue weighted by Gasteiger charge is -2.33. The van der Waals surface area contributed by atoms with Gasteiger partial charge in [0.2, 0.25) is 0 Å². The average Bonchev–Trinajstić information content (AvgIpc) is 2.74. The van der Waals surface area contributed by atoms with Crippen LogP contribution in [0.5, 0.6) is 0 Å². The van der Waals surface area contributed by atoms with E-state index in [0.717, 1.165) is 23.2 Å². The SMILES string of the molecule is C[C@@]12CCC3(CC3)[C@@H]1[C@H]1C(CO)CC[C@H]1C2. The molecule has 5 atom stereocenters. The molecule has 1 N–H and O–H groups in total. The molecule has 4 fully saturated rings. The molecule has 0 aromatic rings. The van der Waals surface area contributed by atoms with Gasteiger partial charge in [0, 0.05) is 6.61 Å². The maximum absolute atomic E-state index is 9.61. The average molecular weight is 220 g/mol. The minimum absolute atomic E-state index is 0.462. The summed E-state index contributed by atoms with van der Waals surface area (Å²) in [5, 5.41) is 9.61. The van der Waals surface area contributed by atoms with E-state index in [0.29, 0.717) is 17.9 Å². The lowest BCUT2D eigenvalue weighted by molar-refractivity contribution is 0.104. The number of hydrogen-bond acceptors (Lipinski definition) is 1. The van der Waals surface area contributed by atoms with Crippen LogP contribution in [0.4, 0.5) is 0 Å². The van der Waals surface area contributed by atoms with Gasteiger partial charge in [-0.05, 0) is 79.4 Å². The van der Waals surface area contributed by atoms with Crippen LogP contribution in [0.3, 0.4) is 0 Å². The third-order valence-corrected chi connectivity index (χ3v) is 6.84. The Morgan fingerprint density at radius 3 is 2.56 bits per heavy atom. The normalized spacial score (nSPS) is 56.6. The van der Waals surface area contributed by atoms with Crippen molar-refractivity contribution in [2.45, 2.75) is 51.9 Å². The van der Waals surface area contributed by atoms with Gasteiger partial charge in [0.1, 0.15) is 0 Å². The highest BCUT2D eigenvalue weighted by molar-refractivity contribution is 5.17. The predicted octanol–water partition coefficient (Wildman–Crippen LogP) is 3.22. The van der Waals surface area contributed by atoms with Crippen molar-refractivity contribution in [1.29, 1.82) is 0 Å². The summed E-state index contributed by atoms with van der Waals surface area (Å²) in [4.78, 5) is 0. The second-order valence-corrected chi connectivity index (χ2v) is 7.56. The van der Waals surface area contributed by atoms with Gasteiger partial charge < -0.3 is 5.11 Å². The first kappa shape index (κ1) is 9.94. The molecule has 16 heavy (non-hydrogen) atoms. The molecule has 0 aromatic carbocycles. The fourth-order valence-corrected chi connectivity index (χ4v) is 6.20. The van der Waals surface area contributed by atoms with E-state index in [9.17, 15) is 5.11 Å². The molecule has 4 saturated carbocycles. The molecule has 1 unspecified atom stereocenters. The zero-order valence-electron chi connectivity index (χ0n) is 10.4. The number of fused-ring (bicyclic) bond motifs is 4. The van der Waals surface area contributed by atoms with Crippen molar-refractivity contribution in [2.24, 2.45) is 34.5 Å². The van der Waals surface area contributed by atoms with Gasteiger partial charge in [0.15, 0.2) is 0 Å². The van der Waals surface area contributed by atoms with Crippen molar-refractivity contribution in [2.75, 3.05) is 6.61 Å². The maximum Gasteiger partial charge on any atom is 0.0462 e. The molecule has 90 valence electrons. The third kappa shape index (κ3) is 1.02. The molecule has 0 bridgehead atoms. The zero-order chi connectivity index (χ0) is 11.0. The molecule has 1 nitrogen and oxygen atoms in total. The molecule has 1 heteroatoms. The molecule has 0 aliphatic heterocycles. The van der Waals surface area contributed by atoms with E-state index in [1.54, 1.807) is 0 Å². The number of aliphatic hydroxyl groups excluding tert-OH is 1. The Morgan fingerprint density at radius 1 is 1.12 bits per heavy atom. The fraction of sp³-hybridized carbons (Fsp3) is 1.00. The third-order valence-electron chi connectivity index (χ3n) is 6.84. The van der Waals surface area contributed by atoms with Crippen LogP contribution in [0.1, 0.15) is 51.9 Å². The van der Waals surface area contributed by atoms with E-state index < -0.39 is 0 Å². The molecular formula is C15H24O. The Labute approximate surface area is 98.6 Å². The smallest absolute Gasteiger partial charge is 0.0462 e. The highest BCUT2D eigenvalue weighted by atomic mass is 16.3. The van der Waals surface area contributed by atoms with E-state index in [4.69, 9.17) is 0 Å². The Bertz CT molecular complexity index is 319. The first-order valence-corrected chi connectivity index (χ1v) is 7.29. The molecule has 4 aliphatic rings. The van der Waals surface area contributed by atoms with Crippen LogP contribution in [0.15, 0.2) is 0 Å². The van der Waals surface area contributed by atoms with Gasteiger partial charge in [-0.25, -0.2) is 0 Å². The first-order chi connectivity index (χ1) is 7.69. The molecule has 4 aliphatic carbocycles. The monoisotopic (exact) mass is 220 g/mol. The minimum atomic E-state index is 0.462. The molecule has 0 saturated heterocycles. The topological polar surface area (TPSA) is 20.2 Å². The van der Waals surface area contributed by atoms with Crippen LogP contribution in [-0.2, 0) is 0 Å². The van der Waals surface area contributed by atoms with Gasteiger partial charge in [0.05, 0.1) is 0 Å². The van der Waals surface area contributed by atoms with E-state index in [2.05, 4.69) is 6.92 Å². The molecule has 4 rings (SSSR count). The number of hydrogen-bond donors (Lipinski definition) is 1. The van der Waals surface area contributed by atoms with Gasteiger partial charge >= 0.3 is 0 Å². The van der Waals surface area contributed by atoms with Crippen molar-refractivity contribution in [1.82, 2.24) is 0 Å². The molecular weight excluding hydrogens is 196 g/mol. The van der Waals surface area contributed by atoms with Crippen molar-refractivity contribution in [3.63, 3.8) is 0 Å². The van der Waals surface area contributed by atoms with Crippen molar-refractivity contribution < 1.29 is 5.11 Å². The van der Waals surface area contributed by atoms with Crippen molar-refractivity contribution in [3.8, 4) is 0 Å².